The van der Waals surface area contributed by atoms with Gasteiger partial charge in [0.25, 0.3) is 6.43 Å². The van der Waals surface area contributed by atoms with Gasteiger partial charge in [0.1, 0.15) is 11.4 Å². The van der Waals surface area contributed by atoms with Crippen molar-refractivity contribution in [3.05, 3.63) is 28.0 Å². The third kappa shape index (κ3) is 2.46. The summed E-state index contributed by atoms with van der Waals surface area (Å²) in [5.41, 5.74) is -3.56. The summed E-state index contributed by atoms with van der Waals surface area (Å²) in [6, 6.07) is 0.331. The summed E-state index contributed by atoms with van der Waals surface area (Å²) in [6.45, 7) is 0. The number of hydrogen-bond acceptors (Lipinski definition) is 2. The van der Waals surface area contributed by atoms with Crippen molar-refractivity contribution in [2.45, 2.75) is 12.6 Å². The molecule has 0 aliphatic carbocycles. The molecule has 0 radical (unpaired) electrons. The van der Waals surface area contributed by atoms with Gasteiger partial charge in [0.2, 0.25) is 0 Å². The molecule has 1 rings (SSSR count). The lowest BCUT2D eigenvalue weighted by Crippen LogP contribution is -2.12. The van der Waals surface area contributed by atoms with E-state index >= 15 is 0 Å². The zero-order valence-electron chi connectivity index (χ0n) is 7.36. The summed E-state index contributed by atoms with van der Waals surface area (Å²) >= 11 is 5.28. The Kier molecular flexibility index (Phi) is 3.47. The van der Waals surface area contributed by atoms with Gasteiger partial charge in [-0.2, -0.15) is 13.2 Å². The van der Waals surface area contributed by atoms with Crippen molar-refractivity contribution >= 4 is 17.9 Å². The molecule has 1 aromatic rings. The van der Waals surface area contributed by atoms with Crippen LogP contribution in [0.25, 0.3) is 0 Å². The molecule has 0 N–H and O–H groups in total. The minimum absolute atomic E-state index is 0.0586. The number of alkyl halides is 5. The molecule has 0 spiro atoms. The quantitative estimate of drug-likeness (QED) is 0.601. The molecule has 0 aliphatic heterocycles. The van der Waals surface area contributed by atoms with E-state index in [1.807, 2.05) is 0 Å². The van der Waals surface area contributed by atoms with Crippen molar-refractivity contribution in [3.8, 4) is 0 Å². The second-order valence-electron chi connectivity index (χ2n) is 2.70. The van der Waals surface area contributed by atoms with Gasteiger partial charge in [-0.1, -0.05) is 11.6 Å². The molecule has 2 nitrogen and oxygen atoms in total. The van der Waals surface area contributed by atoms with E-state index in [2.05, 4.69) is 4.98 Å². The number of rotatable bonds is 2. The van der Waals surface area contributed by atoms with E-state index in [4.69, 9.17) is 11.6 Å². The van der Waals surface area contributed by atoms with Crippen molar-refractivity contribution in [3.63, 3.8) is 0 Å². The summed E-state index contributed by atoms with van der Waals surface area (Å²) in [5, 5.41) is -0.701. The Bertz CT molecular complexity index is 418. The van der Waals surface area contributed by atoms with E-state index < -0.39 is 34.6 Å². The Morgan fingerprint density at radius 3 is 2.31 bits per heavy atom. The maximum atomic E-state index is 12.3. The fraction of sp³-hybridized carbons (Fsp3) is 0.250. The van der Waals surface area contributed by atoms with Gasteiger partial charge in [-0.3, -0.25) is 4.79 Å². The fourth-order valence-corrected chi connectivity index (χ4v) is 1.22. The van der Waals surface area contributed by atoms with Crippen LogP contribution in [0.2, 0.25) is 5.02 Å². The van der Waals surface area contributed by atoms with Gasteiger partial charge in [0.15, 0.2) is 6.29 Å². The molecule has 0 atom stereocenters. The van der Waals surface area contributed by atoms with E-state index in [0.717, 1.165) is 0 Å². The minimum atomic E-state index is -4.89. The molecule has 0 aromatic carbocycles. The third-order valence-corrected chi connectivity index (χ3v) is 1.97. The zero-order valence-corrected chi connectivity index (χ0v) is 8.11. The Morgan fingerprint density at radius 2 is 1.94 bits per heavy atom. The van der Waals surface area contributed by atoms with Gasteiger partial charge >= 0.3 is 6.18 Å². The lowest BCUT2D eigenvalue weighted by atomic mass is 10.2. The average molecular weight is 260 g/mol. The first-order chi connectivity index (χ1) is 7.27. The van der Waals surface area contributed by atoms with E-state index in [-0.39, 0.29) is 6.29 Å². The lowest BCUT2D eigenvalue weighted by Gasteiger charge is -2.10. The number of halogens is 6. The van der Waals surface area contributed by atoms with Crippen molar-refractivity contribution in [2.75, 3.05) is 0 Å². The average Bonchev–Trinajstić information content (AvgIpc) is 2.14. The predicted molar refractivity (Wildman–Crippen MR) is 44.6 cm³/mol. The third-order valence-electron chi connectivity index (χ3n) is 1.65. The highest BCUT2D eigenvalue weighted by molar-refractivity contribution is 6.33. The molecule has 8 heteroatoms. The first-order valence-electron chi connectivity index (χ1n) is 3.78. The van der Waals surface area contributed by atoms with Gasteiger partial charge in [0.05, 0.1) is 10.6 Å². The topological polar surface area (TPSA) is 30.0 Å². The highest BCUT2D eigenvalue weighted by Crippen LogP contribution is 2.33. The van der Waals surface area contributed by atoms with Crippen LogP contribution in [-0.2, 0) is 6.18 Å². The Balaban J connectivity index is 3.46. The van der Waals surface area contributed by atoms with Crippen LogP contribution in [0.15, 0.2) is 6.07 Å². The van der Waals surface area contributed by atoms with E-state index in [1.54, 1.807) is 0 Å². The van der Waals surface area contributed by atoms with Crippen LogP contribution in [0.5, 0.6) is 0 Å². The predicted octanol–water partition coefficient (Wildman–Crippen LogP) is 3.50. The zero-order chi connectivity index (χ0) is 12.5. The van der Waals surface area contributed by atoms with Gasteiger partial charge in [0, 0.05) is 0 Å². The van der Waals surface area contributed by atoms with Gasteiger partial charge in [-0.25, -0.2) is 13.8 Å². The van der Waals surface area contributed by atoms with E-state index in [1.165, 1.54) is 0 Å². The molecule has 16 heavy (non-hydrogen) atoms. The van der Waals surface area contributed by atoms with Crippen molar-refractivity contribution in [2.24, 2.45) is 0 Å². The normalized spacial score (nSPS) is 11.9. The largest absolute Gasteiger partial charge is 0.433 e. The number of carbonyl (C=O) groups is 1. The number of aldehydes is 1. The highest BCUT2D eigenvalue weighted by atomic mass is 35.5. The second kappa shape index (κ2) is 4.32. The molecular formula is C8H3ClF5NO. The first-order valence-corrected chi connectivity index (χ1v) is 4.16. The van der Waals surface area contributed by atoms with Crippen molar-refractivity contribution in [1.29, 1.82) is 0 Å². The number of pyridine rings is 1. The van der Waals surface area contributed by atoms with Gasteiger partial charge in [-0.05, 0) is 6.07 Å². The molecule has 88 valence electrons. The van der Waals surface area contributed by atoms with Crippen LogP contribution in [0.3, 0.4) is 0 Å². The molecular weight excluding hydrogens is 257 g/mol. The molecule has 0 unspecified atom stereocenters. The van der Waals surface area contributed by atoms with Crippen LogP contribution >= 0.6 is 11.6 Å². The molecule has 0 fully saturated rings. The second-order valence-corrected chi connectivity index (χ2v) is 3.11. The van der Waals surface area contributed by atoms with Crippen LogP contribution in [0, 0.1) is 0 Å². The SMILES string of the molecule is O=Cc1c(Cl)cc(C(F)(F)F)nc1C(F)F. The summed E-state index contributed by atoms with van der Waals surface area (Å²) in [4.78, 5) is 13.1. The number of carbonyl (C=O) groups excluding carboxylic acids is 1. The standard InChI is InChI=1S/C8H3ClF5NO/c9-4-1-5(8(12,13)14)15-6(7(10)11)3(4)2-16/h1-2,7H. The summed E-state index contributed by atoms with van der Waals surface area (Å²) < 4.78 is 61.2. The summed E-state index contributed by atoms with van der Waals surface area (Å²) in [7, 11) is 0. The molecule has 0 saturated heterocycles. The molecule has 1 aromatic heterocycles. The highest BCUT2D eigenvalue weighted by Gasteiger charge is 2.35. The maximum Gasteiger partial charge on any atom is 0.433 e. The molecule has 0 amide bonds. The monoisotopic (exact) mass is 259 g/mol. The molecule has 0 bridgehead atoms. The number of nitrogens with zero attached hydrogens (tertiary/aromatic N) is 1. The van der Waals surface area contributed by atoms with Crippen LogP contribution < -0.4 is 0 Å². The molecule has 1 heterocycles. The summed E-state index contributed by atoms with van der Waals surface area (Å²) in [5.74, 6) is 0. The van der Waals surface area contributed by atoms with Gasteiger partial charge in [-0.15, -0.1) is 0 Å². The Hall–Kier alpha value is -1.24. The fourth-order valence-electron chi connectivity index (χ4n) is 0.971. The lowest BCUT2D eigenvalue weighted by molar-refractivity contribution is -0.141. The maximum absolute atomic E-state index is 12.3. The van der Waals surface area contributed by atoms with Crippen LogP contribution in [-0.4, -0.2) is 11.3 Å². The molecule has 0 aliphatic rings. The molecule has 0 saturated carbocycles. The minimum Gasteiger partial charge on any atom is -0.298 e. The number of hydrogen-bond donors (Lipinski definition) is 0. The van der Waals surface area contributed by atoms with Crippen molar-refractivity contribution in [1.82, 2.24) is 4.98 Å². The summed E-state index contributed by atoms with van der Waals surface area (Å²) in [6.07, 6.45) is -8.26. The smallest absolute Gasteiger partial charge is 0.298 e. The first kappa shape index (κ1) is 12.8. The van der Waals surface area contributed by atoms with Crippen LogP contribution in [0.4, 0.5) is 22.0 Å². The van der Waals surface area contributed by atoms with E-state index in [9.17, 15) is 26.7 Å². The van der Waals surface area contributed by atoms with E-state index in [0.29, 0.717) is 6.07 Å². The van der Waals surface area contributed by atoms with Crippen LogP contribution in [0.1, 0.15) is 28.2 Å². The Labute approximate surface area is 91.0 Å². The Morgan fingerprint density at radius 1 is 1.38 bits per heavy atom. The van der Waals surface area contributed by atoms with Gasteiger partial charge < -0.3 is 0 Å². The van der Waals surface area contributed by atoms with Crippen molar-refractivity contribution < 1.29 is 26.7 Å². The number of aromatic nitrogens is 1.